The SMILES string of the molecule is C[C@H]1CN(c2nc3c(cc2F)c(=O)c(C(=O)NC(F)(C(F)F)C2CC2)cn3-c2c(F)cc(F)cc2F)CCN1C(=O)OC(C)(C)C. The average molecular weight is 658 g/mol. The van der Waals surface area contributed by atoms with Crippen molar-refractivity contribution in [3.8, 4) is 5.69 Å². The van der Waals surface area contributed by atoms with Gasteiger partial charge in [0.2, 0.25) is 11.2 Å². The summed E-state index contributed by atoms with van der Waals surface area (Å²) in [6, 6.07) is 0.734. The Morgan fingerprint density at radius 1 is 1.02 bits per heavy atom. The van der Waals surface area contributed by atoms with E-state index in [-0.39, 0.29) is 38.3 Å². The highest BCUT2D eigenvalue weighted by atomic mass is 19.3. The van der Waals surface area contributed by atoms with E-state index in [0.29, 0.717) is 29.0 Å². The molecule has 1 aromatic carbocycles. The number of halogens is 7. The number of nitrogens with one attached hydrogen (secondary N) is 1. The van der Waals surface area contributed by atoms with Crippen molar-refractivity contribution < 1.29 is 45.1 Å². The number of amides is 2. The molecule has 0 radical (unpaired) electrons. The number of alkyl halides is 3. The minimum Gasteiger partial charge on any atom is -0.444 e. The third-order valence-corrected chi connectivity index (χ3v) is 7.73. The van der Waals surface area contributed by atoms with E-state index in [1.807, 2.05) is 0 Å². The number of hydrogen-bond acceptors (Lipinski definition) is 6. The van der Waals surface area contributed by atoms with Crippen molar-refractivity contribution >= 4 is 28.9 Å². The Balaban J connectivity index is 1.62. The predicted octanol–water partition coefficient (Wildman–Crippen LogP) is 5.46. The normalized spacial score (nSPS) is 18.6. The van der Waals surface area contributed by atoms with Crippen LogP contribution >= 0.6 is 0 Å². The number of ether oxygens (including phenoxy) is 1. The third kappa shape index (κ3) is 6.20. The van der Waals surface area contributed by atoms with Gasteiger partial charge < -0.3 is 19.9 Å². The highest BCUT2D eigenvalue weighted by molar-refractivity contribution is 5.97. The molecule has 1 N–H and O–H groups in total. The number of carbonyl (C=O) groups is 2. The fraction of sp³-hybridized carbons (Fsp3) is 0.467. The molecule has 1 aliphatic carbocycles. The van der Waals surface area contributed by atoms with E-state index in [0.717, 1.165) is 0 Å². The van der Waals surface area contributed by atoms with Gasteiger partial charge in [-0.05, 0) is 46.6 Å². The summed E-state index contributed by atoms with van der Waals surface area (Å²) < 4.78 is 108. The topological polar surface area (TPSA) is 96.8 Å². The number of carbonyl (C=O) groups excluding carboxylic acids is 2. The Kier molecular flexibility index (Phi) is 8.45. The zero-order valence-corrected chi connectivity index (χ0v) is 25.1. The van der Waals surface area contributed by atoms with Crippen molar-refractivity contribution in [3.63, 3.8) is 0 Å². The first-order valence-electron chi connectivity index (χ1n) is 14.4. The average Bonchev–Trinajstić information content (AvgIpc) is 3.78. The van der Waals surface area contributed by atoms with Crippen LogP contribution in [0.4, 0.5) is 41.3 Å². The summed E-state index contributed by atoms with van der Waals surface area (Å²) in [7, 11) is 0. The maximum Gasteiger partial charge on any atom is 0.410 e. The smallest absolute Gasteiger partial charge is 0.410 e. The number of nitrogens with zero attached hydrogens (tertiary/aromatic N) is 4. The van der Waals surface area contributed by atoms with Crippen LogP contribution < -0.4 is 15.6 Å². The molecule has 0 spiro atoms. The second-order valence-electron chi connectivity index (χ2n) is 12.4. The molecule has 46 heavy (non-hydrogen) atoms. The number of aromatic nitrogens is 2. The van der Waals surface area contributed by atoms with Crippen molar-refractivity contribution in [1.82, 2.24) is 19.8 Å². The molecule has 2 atom stereocenters. The second kappa shape index (κ2) is 11.8. The molecule has 2 aromatic heterocycles. The molecule has 3 heterocycles. The summed E-state index contributed by atoms with van der Waals surface area (Å²) in [6.45, 7) is 6.87. The first kappa shape index (κ1) is 33.0. The van der Waals surface area contributed by atoms with Gasteiger partial charge in [-0.1, -0.05) is 0 Å². The lowest BCUT2D eigenvalue weighted by Gasteiger charge is -2.40. The maximum atomic E-state index is 15.6. The highest BCUT2D eigenvalue weighted by Crippen LogP contribution is 2.44. The largest absolute Gasteiger partial charge is 0.444 e. The van der Waals surface area contributed by atoms with Gasteiger partial charge in [-0.25, -0.2) is 40.5 Å². The quantitative estimate of drug-likeness (QED) is 0.280. The number of pyridine rings is 2. The third-order valence-electron chi connectivity index (χ3n) is 7.73. The molecule has 16 heteroatoms. The van der Waals surface area contributed by atoms with Crippen LogP contribution in [0.3, 0.4) is 0 Å². The summed E-state index contributed by atoms with van der Waals surface area (Å²) in [5.74, 6) is -12.2. The minimum atomic E-state index is -3.67. The zero-order valence-electron chi connectivity index (χ0n) is 25.1. The molecule has 2 fully saturated rings. The van der Waals surface area contributed by atoms with Gasteiger partial charge in [-0.2, -0.15) is 0 Å². The molecule has 0 bridgehead atoms. The van der Waals surface area contributed by atoms with E-state index in [9.17, 15) is 27.6 Å². The van der Waals surface area contributed by atoms with Gasteiger partial charge in [0.15, 0.2) is 28.9 Å². The molecule has 5 rings (SSSR count). The molecule has 3 aromatic rings. The number of anilines is 1. The van der Waals surface area contributed by atoms with Crippen LogP contribution in [0.25, 0.3) is 16.7 Å². The fourth-order valence-corrected chi connectivity index (χ4v) is 5.35. The van der Waals surface area contributed by atoms with Gasteiger partial charge in [0, 0.05) is 49.9 Å². The Labute approximate surface area is 257 Å². The molecule has 248 valence electrons. The van der Waals surface area contributed by atoms with Crippen LogP contribution in [0.5, 0.6) is 0 Å². The Hall–Kier alpha value is -4.37. The lowest BCUT2D eigenvalue weighted by molar-refractivity contribution is -0.0671. The van der Waals surface area contributed by atoms with Gasteiger partial charge in [0.25, 0.3) is 12.3 Å². The summed E-state index contributed by atoms with van der Waals surface area (Å²) in [4.78, 5) is 46.2. The van der Waals surface area contributed by atoms with E-state index < -0.39 is 92.8 Å². The Morgan fingerprint density at radius 3 is 2.20 bits per heavy atom. The standard InChI is InChI=1S/C30H30F7N5O4/c1-14-12-40(7-8-41(14)28(45)46-29(2,3)4)25-21(34)11-17-23(43)18(26(44)39-30(37,27(35)36)15-5-6-15)13-42(24(17)38-25)22-19(32)9-16(31)10-20(22)33/h9-11,13-15,27H,5-8,12H2,1-4H3,(H,39,44)/t14-,30?/m0/s1. The molecule has 1 aliphatic heterocycles. The summed E-state index contributed by atoms with van der Waals surface area (Å²) in [5, 5.41) is 0.819. The minimum absolute atomic E-state index is 0.0199. The molecule has 1 unspecified atom stereocenters. The van der Waals surface area contributed by atoms with E-state index in [2.05, 4.69) is 4.98 Å². The Morgan fingerprint density at radius 2 is 1.65 bits per heavy atom. The molecular weight excluding hydrogens is 627 g/mol. The van der Waals surface area contributed by atoms with Crippen molar-refractivity contribution in [1.29, 1.82) is 0 Å². The van der Waals surface area contributed by atoms with Crippen molar-refractivity contribution in [2.75, 3.05) is 24.5 Å². The second-order valence-corrected chi connectivity index (χ2v) is 12.4. The van der Waals surface area contributed by atoms with Crippen LogP contribution in [0.1, 0.15) is 50.9 Å². The summed E-state index contributed by atoms with van der Waals surface area (Å²) in [6.07, 6.45) is -3.64. The molecule has 1 saturated heterocycles. The van der Waals surface area contributed by atoms with Gasteiger partial charge >= 0.3 is 6.09 Å². The zero-order chi connectivity index (χ0) is 33.9. The number of piperazine rings is 1. The maximum absolute atomic E-state index is 15.6. The van der Waals surface area contributed by atoms with Crippen LogP contribution in [0.2, 0.25) is 0 Å². The first-order valence-corrected chi connectivity index (χ1v) is 14.4. The van der Waals surface area contributed by atoms with Crippen molar-refractivity contribution in [2.45, 2.75) is 64.4 Å². The first-order chi connectivity index (χ1) is 21.4. The lowest BCUT2D eigenvalue weighted by Crippen LogP contribution is -2.55. The van der Waals surface area contributed by atoms with E-state index in [1.54, 1.807) is 27.7 Å². The Bertz CT molecular complexity index is 1750. The van der Waals surface area contributed by atoms with E-state index >= 15 is 17.6 Å². The molecule has 1 saturated carbocycles. The van der Waals surface area contributed by atoms with Crippen LogP contribution in [0.15, 0.2) is 29.2 Å². The highest BCUT2D eigenvalue weighted by Gasteiger charge is 2.54. The van der Waals surface area contributed by atoms with Crippen LogP contribution in [-0.2, 0) is 4.74 Å². The molecular formula is C30H30F7N5O4. The van der Waals surface area contributed by atoms with Gasteiger partial charge in [0.05, 0.1) is 5.39 Å². The van der Waals surface area contributed by atoms with Gasteiger partial charge in [0.1, 0.15) is 22.7 Å². The van der Waals surface area contributed by atoms with Gasteiger partial charge in [-0.3, -0.25) is 14.2 Å². The monoisotopic (exact) mass is 657 g/mol. The molecule has 9 nitrogen and oxygen atoms in total. The van der Waals surface area contributed by atoms with Crippen LogP contribution in [-0.4, -0.2) is 69.9 Å². The molecule has 2 amide bonds. The number of rotatable bonds is 6. The number of fused-ring (bicyclic) bond motifs is 1. The van der Waals surface area contributed by atoms with Crippen molar-refractivity contribution in [3.05, 3.63) is 63.5 Å². The van der Waals surface area contributed by atoms with Gasteiger partial charge in [-0.15, -0.1) is 0 Å². The number of benzene rings is 1. The lowest BCUT2D eigenvalue weighted by atomic mass is 10.1. The van der Waals surface area contributed by atoms with Crippen LogP contribution in [0, 0.1) is 29.2 Å². The van der Waals surface area contributed by atoms with Crippen molar-refractivity contribution in [2.24, 2.45) is 5.92 Å². The number of hydrogen-bond donors (Lipinski definition) is 1. The summed E-state index contributed by atoms with van der Waals surface area (Å²) >= 11 is 0. The van der Waals surface area contributed by atoms with E-state index in [4.69, 9.17) is 4.74 Å². The summed E-state index contributed by atoms with van der Waals surface area (Å²) in [5.41, 5.74) is -4.72. The molecule has 2 aliphatic rings. The predicted molar refractivity (Wildman–Crippen MR) is 152 cm³/mol. The fourth-order valence-electron chi connectivity index (χ4n) is 5.35. The van der Waals surface area contributed by atoms with E-state index in [1.165, 1.54) is 15.1 Å².